The van der Waals surface area contributed by atoms with Gasteiger partial charge in [-0.3, -0.25) is 0 Å². The highest BCUT2D eigenvalue weighted by molar-refractivity contribution is 9.10. The largest absolute Gasteiger partial charge is 0.512 e. The van der Waals surface area contributed by atoms with Crippen LogP contribution < -0.4 is 4.74 Å². The number of hydrazone groups is 1. The van der Waals surface area contributed by atoms with Crippen molar-refractivity contribution in [2.24, 2.45) is 5.10 Å². The first-order valence-electron chi connectivity index (χ1n) is 9.37. The summed E-state index contributed by atoms with van der Waals surface area (Å²) in [5.41, 5.74) is 3.88. The number of rotatable bonds is 1. The lowest BCUT2D eigenvalue weighted by Crippen LogP contribution is -2.53. The van der Waals surface area contributed by atoms with Gasteiger partial charge in [-0.15, -0.1) is 0 Å². The molecule has 2 aromatic carbocycles. The van der Waals surface area contributed by atoms with E-state index in [1.54, 1.807) is 0 Å². The quantitative estimate of drug-likeness (QED) is 0.645. The van der Waals surface area contributed by atoms with E-state index in [0.29, 0.717) is 12.2 Å². The van der Waals surface area contributed by atoms with Crippen LogP contribution in [0.5, 0.6) is 5.75 Å². The van der Waals surface area contributed by atoms with Gasteiger partial charge < -0.3 is 9.84 Å². The minimum atomic E-state index is -0.708. The number of allylic oxidation sites excluding steroid dienone is 1. The van der Waals surface area contributed by atoms with Crippen molar-refractivity contribution < 1.29 is 9.84 Å². The number of benzene rings is 2. The van der Waals surface area contributed by atoms with E-state index in [-0.39, 0.29) is 6.04 Å². The lowest BCUT2D eigenvalue weighted by molar-refractivity contribution is -0.0944. The van der Waals surface area contributed by atoms with Gasteiger partial charge >= 0.3 is 0 Å². The van der Waals surface area contributed by atoms with Gasteiger partial charge in [-0.25, -0.2) is 5.01 Å². The van der Waals surface area contributed by atoms with Crippen LogP contribution in [0.25, 0.3) is 0 Å². The topological polar surface area (TPSA) is 45.1 Å². The fraction of sp³-hybridized carbons (Fsp3) is 0.318. The van der Waals surface area contributed by atoms with Crippen LogP contribution >= 0.6 is 15.9 Å². The van der Waals surface area contributed by atoms with Gasteiger partial charge in [0, 0.05) is 35.4 Å². The summed E-state index contributed by atoms with van der Waals surface area (Å²) in [7, 11) is 0. The fourth-order valence-electron chi connectivity index (χ4n) is 4.32. The second-order valence-corrected chi connectivity index (χ2v) is 8.51. The molecule has 2 heterocycles. The summed E-state index contributed by atoms with van der Waals surface area (Å²) >= 11 is 3.59. The predicted octanol–water partition coefficient (Wildman–Crippen LogP) is 5.62. The Balaban J connectivity index is 1.64. The molecule has 0 saturated heterocycles. The Kier molecular flexibility index (Phi) is 3.83. The van der Waals surface area contributed by atoms with Gasteiger partial charge in [-0.2, -0.15) is 5.10 Å². The van der Waals surface area contributed by atoms with Gasteiger partial charge in [0.25, 0.3) is 0 Å². The zero-order valence-corrected chi connectivity index (χ0v) is 16.7. The average Bonchev–Trinajstić information content (AvgIpc) is 3.10. The van der Waals surface area contributed by atoms with E-state index >= 15 is 0 Å². The lowest BCUT2D eigenvalue weighted by Gasteiger charge is -2.47. The SMILES string of the molecule is Cc1ccc(C2=NN3[C@H](C2)c2cc(Br)ccc2O[C@@]32C=C(O)CCC2)cc1. The molecule has 138 valence electrons. The summed E-state index contributed by atoms with van der Waals surface area (Å²) in [4.78, 5) is 0. The molecule has 27 heavy (non-hydrogen) atoms. The molecule has 2 aliphatic heterocycles. The second-order valence-electron chi connectivity index (χ2n) is 7.60. The molecule has 0 unspecified atom stereocenters. The van der Waals surface area contributed by atoms with Gasteiger partial charge in [-0.05, 0) is 37.1 Å². The Bertz CT molecular complexity index is 967. The molecule has 0 saturated carbocycles. The van der Waals surface area contributed by atoms with E-state index in [1.807, 2.05) is 18.2 Å². The fourth-order valence-corrected chi connectivity index (χ4v) is 4.70. The predicted molar refractivity (Wildman–Crippen MR) is 109 cm³/mol. The maximum atomic E-state index is 10.3. The van der Waals surface area contributed by atoms with Crippen LogP contribution in [0.1, 0.15) is 48.4 Å². The average molecular weight is 425 g/mol. The smallest absolute Gasteiger partial charge is 0.220 e. The zero-order chi connectivity index (χ0) is 18.6. The molecule has 0 radical (unpaired) electrons. The van der Waals surface area contributed by atoms with Crippen molar-refractivity contribution in [3.8, 4) is 5.75 Å². The van der Waals surface area contributed by atoms with Crippen molar-refractivity contribution in [2.45, 2.75) is 44.4 Å². The van der Waals surface area contributed by atoms with E-state index in [4.69, 9.17) is 9.84 Å². The Morgan fingerprint density at radius 3 is 2.81 bits per heavy atom. The summed E-state index contributed by atoms with van der Waals surface area (Å²) < 4.78 is 7.50. The van der Waals surface area contributed by atoms with Crippen molar-refractivity contribution in [3.05, 3.63) is 75.5 Å². The number of aliphatic hydroxyl groups excluding tert-OH is 1. The number of halogens is 1. The van der Waals surface area contributed by atoms with Crippen molar-refractivity contribution >= 4 is 21.6 Å². The molecule has 2 aromatic rings. The van der Waals surface area contributed by atoms with Gasteiger partial charge in [0.15, 0.2) is 0 Å². The summed E-state index contributed by atoms with van der Waals surface area (Å²) in [6, 6.07) is 14.8. The first-order valence-corrected chi connectivity index (χ1v) is 10.2. The highest BCUT2D eigenvalue weighted by atomic mass is 79.9. The molecule has 1 spiro atoms. The number of hydrogen-bond acceptors (Lipinski definition) is 4. The third-order valence-electron chi connectivity index (χ3n) is 5.66. The maximum absolute atomic E-state index is 10.3. The minimum Gasteiger partial charge on any atom is -0.512 e. The van der Waals surface area contributed by atoms with Crippen molar-refractivity contribution in [1.29, 1.82) is 0 Å². The van der Waals surface area contributed by atoms with Gasteiger partial charge in [0.2, 0.25) is 5.72 Å². The molecule has 3 aliphatic rings. The molecular weight excluding hydrogens is 404 g/mol. The highest BCUT2D eigenvalue weighted by Crippen LogP contribution is 2.50. The normalized spacial score (nSPS) is 26.1. The van der Waals surface area contributed by atoms with E-state index in [0.717, 1.165) is 46.3 Å². The standard InChI is InChI=1S/C22H21BrN2O2/c1-14-4-6-15(7-5-14)19-12-20-18-11-16(23)8-9-21(18)27-22(25(20)24-19)10-2-3-17(26)13-22/h4-9,11,13,20,26H,2-3,10,12H2,1H3/t20-,22+/m1/s1. The van der Waals surface area contributed by atoms with Crippen LogP contribution in [0.4, 0.5) is 0 Å². The number of aryl methyl sites for hydroxylation is 1. The Morgan fingerprint density at radius 2 is 2.04 bits per heavy atom. The number of aliphatic hydroxyl groups is 1. The summed E-state index contributed by atoms with van der Waals surface area (Å²) in [6.45, 7) is 2.09. The first-order chi connectivity index (χ1) is 13.0. The van der Waals surface area contributed by atoms with Gasteiger partial charge in [0.1, 0.15) is 5.75 Å². The molecule has 0 fully saturated rings. The third-order valence-corrected chi connectivity index (χ3v) is 6.15. The lowest BCUT2D eigenvalue weighted by atomic mass is 9.90. The maximum Gasteiger partial charge on any atom is 0.220 e. The minimum absolute atomic E-state index is 0.102. The van der Waals surface area contributed by atoms with Gasteiger partial charge in [-0.1, -0.05) is 45.8 Å². The van der Waals surface area contributed by atoms with E-state index in [2.05, 4.69) is 58.2 Å². The summed E-state index contributed by atoms with van der Waals surface area (Å²) in [5.74, 6) is 1.27. The van der Waals surface area contributed by atoms with Crippen molar-refractivity contribution in [1.82, 2.24) is 5.01 Å². The van der Waals surface area contributed by atoms with Crippen LogP contribution in [-0.2, 0) is 0 Å². The molecule has 0 amide bonds. The van der Waals surface area contributed by atoms with Crippen LogP contribution in [0.2, 0.25) is 0 Å². The van der Waals surface area contributed by atoms with Gasteiger partial charge in [0.05, 0.1) is 17.5 Å². The van der Waals surface area contributed by atoms with E-state index < -0.39 is 5.72 Å². The molecule has 0 aromatic heterocycles. The van der Waals surface area contributed by atoms with E-state index in [1.165, 1.54) is 5.56 Å². The molecule has 1 aliphatic carbocycles. The third kappa shape index (κ3) is 2.76. The van der Waals surface area contributed by atoms with Crippen LogP contribution in [0.3, 0.4) is 0 Å². The number of hydrogen-bond donors (Lipinski definition) is 1. The molecular formula is C22H21BrN2O2. The highest BCUT2D eigenvalue weighted by Gasteiger charge is 2.50. The zero-order valence-electron chi connectivity index (χ0n) is 15.2. The Morgan fingerprint density at radius 1 is 1.22 bits per heavy atom. The second kappa shape index (κ2) is 6.13. The molecule has 2 atom stereocenters. The summed E-state index contributed by atoms with van der Waals surface area (Å²) in [5, 5.41) is 17.3. The van der Waals surface area contributed by atoms with Crippen LogP contribution in [-0.4, -0.2) is 21.6 Å². The van der Waals surface area contributed by atoms with E-state index in [9.17, 15) is 5.11 Å². The van der Waals surface area contributed by atoms with Crippen LogP contribution in [0.15, 0.2) is 63.9 Å². The monoisotopic (exact) mass is 424 g/mol. The van der Waals surface area contributed by atoms with Crippen LogP contribution in [0, 0.1) is 6.92 Å². The molecule has 4 nitrogen and oxygen atoms in total. The molecule has 0 bridgehead atoms. The molecule has 5 rings (SSSR count). The number of nitrogens with zero attached hydrogens (tertiary/aromatic N) is 2. The Labute approximate surface area is 167 Å². The number of fused-ring (bicyclic) bond motifs is 4. The summed E-state index contributed by atoms with van der Waals surface area (Å²) in [6.07, 6.45) is 5.08. The molecule has 5 heteroatoms. The van der Waals surface area contributed by atoms with Crippen molar-refractivity contribution in [2.75, 3.05) is 0 Å². The molecule has 1 N–H and O–H groups in total. The first kappa shape index (κ1) is 16.9. The van der Waals surface area contributed by atoms with Crippen molar-refractivity contribution in [3.63, 3.8) is 0 Å². The number of ether oxygens (including phenoxy) is 1. The Hall–Kier alpha value is -2.27.